The predicted octanol–water partition coefficient (Wildman–Crippen LogP) is 4.92. The molecule has 0 unspecified atom stereocenters. The standard InChI is InChI=1S/C20H25ClN2O4S/c1-4-5-12-22-18-11-6-15(20(24)27-14(2)3)13-19(18)28(25,26)23-17-9-7-16(21)8-10-17/h6-11,13-14,22-23H,4-5,12H2,1-3H3. The Kier molecular flexibility index (Phi) is 7.71. The predicted molar refractivity (Wildman–Crippen MR) is 113 cm³/mol. The second-order valence-electron chi connectivity index (χ2n) is 6.56. The SMILES string of the molecule is CCCCNc1ccc(C(=O)OC(C)C)cc1S(=O)(=O)Nc1ccc(Cl)cc1. The van der Waals surface area contributed by atoms with Crippen molar-refractivity contribution in [2.75, 3.05) is 16.6 Å². The minimum Gasteiger partial charge on any atom is -0.459 e. The molecule has 0 heterocycles. The van der Waals surface area contributed by atoms with Gasteiger partial charge in [-0.2, -0.15) is 0 Å². The molecular weight excluding hydrogens is 400 g/mol. The van der Waals surface area contributed by atoms with Crippen LogP contribution < -0.4 is 10.0 Å². The van der Waals surface area contributed by atoms with E-state index in [-0.39, 0.29) is 16.6 Å². The number of ether oxygens (including phenoxy) is 1. The largest absolute Gasteiger partial charge is 0.459 e. The summed E-state index contributed by atoms with van der Waals surface area (Å²) in [7, 11) is -3.94. The van der Waals surface area contributed by atoms with E-state index >= 15 is 0 Å². The molecule has 0 radical (unpaired) electrons. The van der Waals surface area contributed by atoms with Gasteiger partial charge in [-0.05, 0) is 62.7 Å². The van der Waals surface area contributed by atoms with Gasteiger partial charge >= 0.3 is 5.97 Å². The maximum Gasteiger partial charge on any atom is 0.338 e. The number of rotatable bonds is 9. The minimum absolute atomic E-state index is 0.0169. The number of carbonyl (C=O) groups is 1. The molecule has 0 atom stereocenters. The van der Waals surface area contributed by atoms with Crippen LogP contribution in [-0.2, 0) is 14.8 Å². The summed E-state index contributed by atoms with van der Waals surface area (Å²) >= 11 is 5.85. The van der Waals surface area contributed by atoms with E-state index in [9.17, 15) is 13.2 Å². The van der Waals surface area contributed by atoms with Crippen molar-refractivity contribution in [2.45, 2.75) is 44.6 Å². The van der Waals surface area contributed by atoms with Crippen LogP contribution in [0.5, 0.6) is 0 Å². The highest BCUT2D eigenvalue weighted by Gasteiger charge is 2.22. The van der Waals surface area contributed by atoms with Gasteiger partial charge in [0, 0.05) is 17.3 Å². The fourth-order valence-corrected chi connectivity index (χ4v) is 3.82. The van der Waals surface area contributed by atoms with Gasteiger partial charge in [0.05, 0.1) is 17.4 Å². The maximum absolute atomic E-state index is 13.0. The molecule has 0 aromatic heterocycles. The summed E-state index contributed by atoms with van der Waals surface area (Å²) < 4.78 is 33.7. The van der Waals surface area contributed by atoms with Crippen molar-refractivity contribution in [3.63, 3.8) is 0 Å². The van der Waals surface area contributed by atoms with Crippen LogP contribution in [0.25, 0.3) is 0 Å². The summed E-state index contributed by atoms with van der Waals surface area (Å²) in [6.07, 6.45) is 1.56. The molecule has 0 fully saturated rings. The van der Waals surface area contributed by atoms with Crippen molar-refractivity contribution in [3.8, 4) is 0 Å². The zero-order chi connectivity index (χ0) is 20.7. The van der Waals surface area contributed by atoms with Crippen molar-refractivity contribution >= 4 is 39.0 Å². The number of esters is 1. The van der Waals surface area contributed by atoms with E-state index in [4.69, 9.17) is 16.3 Å². The van der Waals surface area contributed by atoms with Crippen LogP contribution in [0.2, 0.25) is 5.02 Å². The van der Waals surface area contributed by atoms with Gasteiger partial charge in [-0.15, -0.1) is 0 Å². The third-order valence-electron chi connectivity index (χ3n) is 3.79. The third kappa shape index (κ3) is 6.14. The molecule has 0 amide bonds. The lowest BCUT2D eigenvalue weighted by molar-refractivity contribution is 0.0377. The van der Waals surface area contributed by atoms with Gasteiger partial charge in [-0.25, -0.2) is 13.2 Å². The van der Waals surface area contributed by atoms with Gasteiger partial charge in [-0.3, -0.25) is 4.72 Å². The molecule has 2 aromatic rings. The molecule has 0 bridgehead atoms. The van der Waals surface area contributed by atoms with Gasteiger partial charge in [0.2, 0.25) is 0 Å². The molecule has 0 spiro atoms. The van der Waals surface area contributed by atoms with Crippen LogP contribution in [0.4, 0.5) is 11.4 Å². The van der Waals surface area contributed by atoms with Gasteiger partial charge in [0.25, 0.3) is 10.0 Å². The molecule has 2 rings (SSSR count). The Morgan fingerprint density at radius 3 is 2.43 bits per heavy atom. The first kappa shape index (κ1) is 22.0. The molecule has 8 heteroatoms. The number of carbonyl (C=O) groups excluding carboxylic acids is 1. The Bertz CT molecular complexity index is 912. The van der Waals surface area contributed by atoms with E-state index < -0.39 is 16.0 Å². The van der Waals surface area contributed by atoms with E-state index in [0.717, 1.165) is 12.8 Å². The second kappa shape index (κ2) is 9.80. The Balaban J connectivity index is 2.40. The molecule has 0 saturated carbocycles. The summed E-state index contributed by atoms with van der Waals surface area (Å²) in [4.78, 5) is 12.2. The molecule has 0 saturated heterocycles. The summed E-state index contributed by atoms with van der Waals surface area (Å²) in [5, 5.41) is 3.63. The fraction of sp³-hybridized carbons (Fsp3) is 0.350. The van der Waals surface area contributed by atoms with Crippen LogP contribution in [-0.4, -0.2) is 27.0 Å². The molecule has 2 N–H and O–H groups in total. The first-order chi connectivity index (χ1) is 13.2. The van der Waals surface area contributed by atoms with Crippen molar-refractivity contribution in [3.05, 3.63) is 53.1 Å². The molecule has 152 valence electrons. The molecule has 0 aliphatic heterocycles. The van der Waals surface area contributed by atoms with E-state index in [0.29, 0.717) is 22.9 Å². The van der Waals surface area contributed by atoms with E-state index in [1.807, 2.05) is 6.92 Å². The molecular formula is C20H25ClN2O4S. The third-order valence-corrected chi connectivity index (χ3v) is 5.46. The number of sulfonamides is 1. The van der Waals surface area contributed by atoms with E-state index in [2.05, 4.69) is 10.0 Å². The van der Waals surface area contributed by atoms with Crippen LogP contribution in [0, 0.1) is 0 Å². The minimum atomic E-state index is -3.94. The average molecular weight is 425 g/mol. The number of hydrogen-bond acceptors (Lipinski definition) is 5. The normalized spacial score (nSPS) is 11.3. The number of anilines is 2. The molecule has 6 nitrogen and oxygen atoms in total. The zero-order valence-electron chi connectivity index (χ0n) is 16.2. The van der Waals surface area contributed by atoms with Crippen molar-refractivity contribution in [1.82, 2.24) is 0 Å². The zero-order valence-corrected chi connectivity index (χ0v) is 17.7. The number of halogens is 1. The van der Waals surface area contributed by atoms with Crippen molar-refractivity contribution in [2.24, 2.45) is 0 Å². The Morgan fingerprint density at radius 2 is 1.82 bits per heavy atom. The smallest absolute Gasteiger partial charge is 0.338 e. The average Bonchev–Trinajstić information content (AvgIpc) is 2.63. The summed E-state index contributed by atoms with van der Waals surface area (Å²) in [6, 6.07) is 10.8. The van der Waals surface area contributed by atoms with E-state index in [1.54, 1.807) is 50.2 Å². The highest BCUT2D eigenvalue weighted by atomic mass is 35.5. The number of hydrogen-bond donors (Lipinski definition) is 2. The lowest BCUT2D eigenvalue weighted by Gasteiger charge is -2.16. The van der Waals surface area contributed by atoms with Gasteiger partial charge in [-0.1, -0.05) is 24.9 Å². The molecule has 2 aromatic carbocycles. The maximum atomic E-state index is 13.0. The van der Waals surface area contributed by atoms with Crippen molar-refractivity contribution < 1.29 is 17.9 Å². The molecule has 0 aliphatic carbocycles. The second-order valence-corrected chi connectivity index (χ2v) is 8.64. The van der Waals surface area contributed by atoms with Crippen LogP contribution >= 0.6 is 11.6 Å². The fourth-order valence-electron chi connectivity index (χ4n) is 2.43. The lowest BCUT2D eigenvalue weighted by atomic mass is 10.2. The Hall–Kier alpha value is -2.25. The molecule has 0 aliphatic rings. The number of unbranched alkanes of at least 4 members (excludes halogenated alkanes) is 1. The van der Waals surface area contributed by atoms with Crippen molar-refractivity contribution in [1.29, 1.82) is 0 Å². The van der Waals surface area contributed by atoms with Crippen LogP contribution in [0.3, 0.4) is 0 Å². The van der Waals surface area contributed by atoms with E-state index in [1.165, 1.54) is 6.07 Å². The van der Waals surface area contributed by atoms with Gasteiger partial charge in [0.15, 0.2) is 0 Å². The monoisotopic (exact) mass is 424 g/mol. The number of benzene rings is 2. The number of nitrogens with one attached hydrogen (secondary N) is 2. The summed E-state index contributed by atoms with van der Waals surface area (Å²) in [6.45, 7) is 6.14. The quantitative estimate of drug-likeness (QED) is 0.441. The Labute approximate surface area is 171 Å². The van der Waals surface area contributed by atoms with Crippen LogP contribution in [0.1, 0.15) is 44.0 Å². The highest BCUT2D eigenvalue weighted by molar-refractivity contribution is 7.92. The van der Waals surface area contributed by atoms with Gasteiger partial charge in [0.1, 0.15) is 4.90 Å². The van der Waals surface area contributed by atoms with Crippen LogP contribution in [0.15, 0.2) is 47.4 Å². The lowest BCUT2D eigenvalue weighted by Crippen LogP contribution is -2.18. The Morgan fingerprint density at radius 1 is 1.14 bits per heavy atom. The first-order valence-corrected chi connectivity index (χ1v) is 11.0. The first-order valence-electron chi connectivity index (χ1n) is 9.10. The summed E-state index contributed by atoms with van der Waals surface area (Å²) in [5.74, 6) is -0.571. The summed E-state index contributed by atoms with van der Waals surface area (Å²) in [5.41, 5.74) is 0.973. The van der Waals surface area contributed by atoms with Gasteiger partial charge < -0.3 is 10.1 Å². The topological polar surface area (TPSA) is 84.5 Å². The molecule has 28 heavy (non-hydrogen) atoms. The highest BCUT2D eigenvalue weighted by Crippen LogP contribution is 2.26.